The second kappa shape index (κ2) is 9.94. The first-order chi connectivity index (χ1) is 17.7. The molecule has 0 atom stereocenters. The standard InChI is InChI=1S/C27H23N3O7/c1-4-37-27(33)21-15(2)29-20(14-19(25(29)28)24(31)16-9-6-5-7-10-16)23(26(32)36-3)22(21)17-11-8-12-18(13-17)30(34)35/h5-14H,4,28H2,1-3H3. The number of nitrogens with zero attached hydrogens (tertiary/aromatic N) is 2. The van der Waals surface area contributed by atoms with E-state index in [1.54, 1.807) is 44.2 Å². The first-order valence-corrected chi connectivity index (χ1v) is 11.3. The smallest absolute Gasteiger partial charge is 0.340 e. The molecule has 0 amide bonds. The molecule has 0 aliphatic carbocycles. The molecule has 4 rings (SSSR count). The lowest BCUT2D eigenvalue weighted by molar-refractivity contribution is -0.384. The Labute approximate surface area is 211 Å². The first kappa shape index (κ1) is 25.1. The number of carbonyl (C=O) groups excluding carboxylic acids is 3. The number of aromatic nitrogens is 1. The molecule has 0 unspecified atom stereocenters. The fourth-order valence-corrected chi connectivity index (χ4v) is 4.37. The van der Waals surface area contributed by atoms with Gasteiger partial charge in [0, 0.05) is 29.0 Å². The van der Waals surface area contributed by atoms with Gasteiger partial charge in [0.15, 0.2) is 5.78 Å². The zero-order chi connectivity index (χ0) is 26.9. The van der Waals surface area contributed by atoms with Gasteiger partial charge in [0.05, 0.1) is 40.8 Å². The number of nitro groups is 1. The summed E-state index contributed by atoms with van der Waals surface area (Å²) in [4.78, 5) is 50.6. The van der Waals surface area contributed by atoms with E-state index >= 15 is 0 Å². The average Bonchev–Trinajstić information content (AvgIpc) is 3.25. The van der Waals surface area contributed by atoms with Gasteiger partial charge in [0.2, 0.25) is 0 Å². The number of nitrogen functional groups attached to an aromatic ring is 1. The Hall–Kier alpha value is -4.99. The molecular weight excluding hydrogens is 478 g/mol. The Morgan fingerprint density at radius 2 is 1.70 bits per heavy atom. The average molecular weight is 501 g/mol. The topological polar surface area (TPSA) is 143 Å². The fourth-order valence-electron chi connectivity index (χ4n) is 4.37. The zero-order valence-corrected chi connectivity index (χ0v) is 20.3. The predicted octanol–water partition coefficient (Wildman–Crippen LogP) is 4.60. The number of ketones is 1. The van der Waals surface area contributed by atoms with Gasteiger partial charge in [-0.3, -0.25) is 19.3 Å². The van der Waals surface area contributed by atoms with Crippen LogP contribution in [0.15, 0.2) is 60.7 Å². The number of nitro benzene ring substituents is 1. The van der Waals surface area contributed by atoms with E-state index in [-0.39, 0.29) is 62.9 Å². The van der Waals surface area contributed by atoms with Crippen LogP contribution in [-0.4, -0.2) is 40.8 Å². The Balaban J connectivity index is 2.17. The monoisotopic (exact) mass is 501 g/mol. The maximum absolute atomic E-state index is 13.3. The molecule has 4 aromatic rings. The van der Waals surface area contributed by atoms with E-state index in [1.165, 1.54) is 41.8 Å². The fraction of sp³-hybridized carbons (Fsp3) is 0.148. The maximum atomic E-state index is 13.3. The highest BCUT2D eigenvalue weighted by molar-refractivity contribution is 6.16. The van der Waals surface area contributed by atoms with Gasteiger partial charge >= 0.3 is 11.9 Å². The highest BCUT2D eigenvalue weighted by Gasteiger charge is 2.31. The number of benzene rings is 2. The normalized spacial score (nSPS) is 10.8. The van der Waals surface area contributed by atoms with E-state index < -0.39 is 16.9 Å². The van der Waals surface area contributed by atoms with Crippen LogP contribution in [-0.2, 0) is 9.47 Å². The van der Waals surface area contributed by atoms with Crippen molar-refractivity contribution < 1.29 is 28.8 Å². The zero-order valence-electron chi connectivity index (χ0n) is 20.3. The number of hydrogen-bond acceptors (Lipinski definition) is 8. The molecule has 0 saturated heterocycles. The number of esters is 2. The molecule has 2 heterocycles. The maximum Gasteiger partial charge on any atom is 0.340 e. The highest BCUT2D eigenvalue weighted by atomic mass is 16.6. The summed E-state index contributed by atoms with van der Waals surface area (Å²) in [5.74, 6) is -1.96. The minimum absolute atomic E-state index is 0.0163. The molecule has 10 nitrogen and oxygen atoms in total. The number of rotatable bonds is 7. The number of fused-ring (bicyclic) bond motifs is 1. The van der Waals surface area contributed by atoms with Crippen LogP contribution in [0.4, 0.5) is 11.5 Å². The minimum Gasteiger partial charge on any atom is -0.465 e. The third-order valence-corrected chi connectivity index (χ3v) is 5.99. The lowest BCUT2D eigenvalue weighted by Gasteiger charge is -2.19. The van der Waals surface area contributed by atoms with Crippen LogP contribution in [0.2, 0.25) is 0 Å². The van der Waals surface area contributed by atoms with Gasteiger partial charge in [-0.25, -0.2) is 9.59 Å². The van der Waals surface area contributed by atoms with Gasteiger partial charge in [-0.2, -0.15) is 0 Å². The Morgan fingerprint density at radius 3 is 2.32 bits per heavy atom. The van der Waals surface area contributed by atoms with Crippen molar-refractivity contribution >= 4 is 34.7 Å². The van der Waals surface area contributed by atoms with Crippen molar-refractivity contribution in [2.45, 2.75) is 13.8 Å². The molecule has 2 aromatic heterocycles. The summed E-state index contributed by atoms with van der Waals surface area (Å²) in [6, 6.07) is 15.5. The van der Waals surface area contributed by atoms with Gasteiger partial charge in [-0.1, -0.05) is 42.5 Å². The van der Waals surface area contributed by atoms with Crippen molar-refractivity contribution in [2.24, 2.45) is 0 Å². The summed E-state index contributed by atoms with van der Waals surface area (Å²) < 4.78 is 11.8. The summed E-state index contributed by atoms with van der Waals surface area (Å²) >= 11 is 0. The molecule has 0 aliphatic rings. The van der Waals surface area contributed by atoms with Crippen LogP contribution in [0.5, 0.6) is 0 Å². The van der Waals surface area contributed by atoms with Crippen LogP contribution in [0.1, 0.15) is 49.3 Å². The summed E-state index contributed by atoms with van der Waals surface area (Å²) in [5, 5.41) is 11.5. The van der Waals surface area contributed by atoms with E-state index in [1.807, 2.05) is 0 Å². The Bertz CT molecular complexity index is 1570. The van der Waals surface area contributed by atoms with Gasteiger partial charge in [-0.05, 0) is 25.5 Å². The van der Waals surface area contributed by atoms with Crippen LogP contribution in [0, 0.1) is 17.0 Å². The minimum atomic E-state index is -0.826. The van der Waals surface area contributed by atoms with Crippen molar-refractivity contribution in [3.63, 3.8) is 0 Å². The highest BCUT2D eigenvalue weighted by Crippen LogP contribution is 2.38. The van der Waals surface area contributed by atoms with Crippen molar-refractivity contribution in [3.8, 4) is 11.1 Å². The van der Waals surface area contributed by atoms with Crippen molar-refractivity contribution in [3.05, 3.63) is 98.7 Å². The molecule has 0 bridgehead atoms. The first-order valence-electron chi connectivity index (χ1n) is 11.3. The number of nitrogens with two attached hydrogens (primary N) is 1. The molecule has 2 N–H and O–H groups in total. The van der Waals surface area contributed by atoms with E-state index in [2.05, 4.69) is 0 Å². The summed E-state index contributed by atoms with van der Waals surface area (Å²) in [7, 11) is 1.17. The number of aryl methyl sites for hydroxylation is 1. The van der Waals surface area contributed by atoms with E-state index in [4.69, 9.17) is 15.2 Å². The lowest BCUT2D eigenvalue weighted by Crippen LogP contribution is -2.17. The third kappa shape index (κ3) is 4.29. The van der Waals surface area contributed by atoms with E-state index in [0.29, 0.717) is 5.56 Å². The molecule has 37 heavy (non-hydrogen) atoms. The Kier molecular flexibility index (Phi) is 6.75. The van der Waals surface area contributed by atoms with E-state index in [9.17, 15) is 24.5 Å². The van der Waals surface area contributed by atoms with Gasteiger partial charge in [0.25, 0.3) is 5.69 Å². The summed E-state index contributed by atoms with van der Waals surface area (Å²) in [5.41, 5.74) is 7.36. The predicted molar refractivity (Wildman–Crippen MR) is 136 cm³/mol. The lowest BCUT2D eigenvalue weighted by atomic mass is 9.92. The number of methoxy groups -OCH3 is 1. The Morgan fingerprint density at radius 1 is 1.00 bits per heavy atom. The SMILES string of the molecule is CCOC(=O)c1c(-c2cccc([N+](=O)[O-])c2)c(C(=O)OC)c2cc(C(=O)c3ccccc3)c(N)n2c1C. The number of anilines is 1. The third-order valence-electron chi connectivity index (χ3n) is 5.99. The molecule has 0 saturated carbocycles. The van der Waals surface area contributed by atoms with Crippen LogP contribution in [0.25, 0.3) is 16.6 Å². The number of pyridine rings is 1. The molecule has 0 radical (unpaired) electrons. The second-order valence-corrected chi connectivity index (χ2v) is 8.09. The van der Waals surface area contributed by atoms with Crippen LogP contribution in [0.3, 0.4) is 0 Å². The van der Waals surface area contributed by atoms with Crippen LogP contribution < -0.4 is 5.73 Å². The molecular formula is C27H23N3O7. The van der Waals surface area contributed by atoms with Crippen molar-refractivity contribution in [2.75, 3.05) is 19.5 Å². The van der Waals surface area contributed by atoms with Gasteiger partial charge in [0.1, 0.15) is 5.82 Å². The van der Waals surface area contributed by atoms with Gasteiger partial charge in [-0.15, -0.1) is 0 Å². The molecule has 2 aromatic carbocycles. The largest absolute Gasteiger partial charge is 0.465 e. The summed E-state index contributed by atoms with van der Waals surface area (Å²) in [6.07, 6.45) is 0. The molecule has 0 spiro atoms. The number of hydrogen-bond donors (Lipinski definition) is 1. The van der Waals surface area contributed by atoms with Crippen LogP contribution >= 0.6 is 0 Å². The van der Waals surface area contributed by atoms with Crippen molar-refractivity contribution in [1.29, 1.82) is 0 Å². The van der Waals surface area contributed by atoms with E-state index in [0.717, 1.165) is 0 Å². The number of non-ortho nitro benzene ring substituents is 1. The molecule has 188 valence electrons. The quantitative estimate of drug-likeness (QED) is 0.167. The van der Waals surface area contributed by atoms with Gasteiger partial charge < -0.3 is 15.2 Å². The molecule has 10 heteroatoms. The molecule has 0 aliphatic heterocycles. The number of ether oxygens (including phenoxy) is 2. The number of carbonyl (C=O) groups is 3. The second-order valence-electron chi connectivity index (χ2n) is 8.09. The summed E-state index contributed by atoms with van der Waals surface area (Å²) in [6.45, 7) is 3.26. The van der Waals surface area contributed by atoms with Crippen molar-refractivity contribution in [1.82, 2.24) is 4.40 Å². The molecule has 0 fully saturated rings.